The molecule has 0 aromatic rings. The first-order valence-electron chi connectivity index (χ1n) is 7.76. The molecule has 1 aliphatic rings. The molecule has 0 bridgehead atoms. The molecule has 1 rings (SSSR count). The number of likely N-dealkylation sites (tertiary alicyclic amines) is 1. The van der Waals surface area contributed by atoms with E-state index in [4.69, 9.17) is 0 Å². The predicted molar refractivity (Wildman–Crippen MR) is 82.1 cm³/mol. The number of carbonyl (C=O) groups is 1. The van der Waals surface area contributed by atoms with E-state index >= 15 is 0 Å². The van der Waals surface area contributed by atoms with Gasteiger partial charge in [0.2, 0.25) is 0 Å². The van der Waals surface area contributed by atoms with Crippen LogP contribution in [0.25, 0.3) is 0 Å². The van der Waals surface area contributed by atoms with Gasteiger partial charge in [-0.1, -0.05) is 6.92 Å². The van der Waals surface area contributed by atoms with Crippen molar-refractivity contribution < 1.29 is 9.90 Å². The summed E-state index contributed by atoms with van der Waals surface area (Å²) >= 11 is 0. The molecule has 0 aromatic heterocycles. The van der Waals surface area contributed by atoms with Crippen LogP contribution in [0.15, 0.2) is 0 Å². The Morgan fingerprint density at radius 1 is 1.50 bits per heavy atom. The van der Waals surface area contributed by atoms with Gasteiger partial charge in [0.15, 0.2) is 0 Å². The minimum Gasteiger partial charge on any atom is -0.480 e. The molecule has 5 heteroatoms. The van der Waals surface area contributed by atoms with Gasteiger partial charge in [-0.3, -0.25) is 4.79 Å². The summed E-state index contributed by atoms with van der Waals surface area (Å²) in [7, 11) is 4.25. The highest BCUT2D eigenvalue weighted by atomic mass is 16.4. The Labute approximate surface area is 123 Å². The fraction of sp³-hybridized carbons (Fsp3) is 0.933. The highest BCUT2D eigenvalue weighted by molar-refractivity contribution is 5.78. The van der Waals surface area contributed by atoms with Gasteiger partial charge in [0.25, 0.3) is 0 Å². The molecule has 0 amide bonds. The van der Waals surface area contributed by atoms with Crippen molar-refractivity contribution in [2.75, 3.05) is 40.3 Å². The molecule has 0 aromatic carbocycles. The van der Waals surface area contributed by atoms with Gasteiger partial charge in [-0.15, -0.1) is 0 Å². The van der Waals surface area contributed by atoms with Crippen molar-refractivity contribution >= 4 is 5.97 Å². The van der Waals surface area contributed by atoms with Gasteiger partial charge in [0.05, 0.1) is 0 Å². The summed E-state index contributed by atoms with van der Waals surface area (Å²) in [4.78, 5) is 16.2. The quantitative estimate of drug-likeness (QED) is 0.703. The van der Waals surface area contributed by atoms with Crippen molar-refractivity contribution in [2.24, 2.45) is 0 Å². The van der Waals surface area contributed by atoms with Crippen molar-refractivity contribution in [3.63, 3.8) is 0 Å². The number of hydrogen-bond acceptors (Lipinski definition) is 4. The van der Waals surface area contributed by atoms with Crippen LogP contribution in [-0.2, 0) is 4.79 Å². The second-order valence-corrected chi connectivity index (χ2v) is 6.37. The minimum absolute atomic E-state index is 0.600. The van der Waals surface area contributed by atoms with Gasteiger partial charge in [0, 0.05) is 19.1 Å². The Kier molecular flexibility index (Phi) is 6.92. The minimum atomic E-state index is -0.804. The largest absolute Gasteiger partial charge is 0.480 e. The Morgan fingerprint density at radius 3 is 2.75 bits per heavy atom. The van der Waals surface area contributed by atoms with E-state index < -0.39 is 11.5 Å². The maximum atomic E-state index is 11.5. The monoisotopic (exact) mass is 285 g/mol. The number of nitrogens with zero attached hydrogens (tertiary/aromatic N) is 2. The van der Waals surface area contributed by atoms with Gasteiger partial charge in [-0.2, -0.15) is 0 Å². The molecule has 2 unspecified atom stereocenters. The zero-order valence-corrected chi connectivity index (χ0v) is 13.5. The smallest absolute Gasteiger partial charge is 0.323 e. The third-order valence-electron chi connectivity index (χ3n) is 4.38. The number of aliphatic carboxylic acids is 1. The summed E-state index contributed by atoms with van der Waals surface area (Å²) in [6, 6.07) is 0.600. The molecule has 0 spiro atoms. The maximum Gasteiger partial charge on any atom is 0.323 e. The van der Waals surface area contributed by atoms with Crippen molar-refractivity contribution in [1.82, 2.24) is 15.1 Å². The average Bonchev–Trinajstić information content (AvgIpc) is 2.43. The van der Waals surface area contributed by atoms with E-state index in [-0.39, 0.29) is 0 Å². The molecular formula is C15H31N3O2. The van der Waals surface area contributed by atoms with E-state index in [1.807, 2.05) is 0 Å². The first kappa shape index (κ1) is 17.4. The maximum absolute atomic E-state index is 11.5. The average molecular weight is 285 g/mol. The third-order valence-corrected chi connectivity index (χ3v) is 4.38. The lowest BCUT2D eigenvalue weighted by molar-refractivity contribution is -0.144. The summed E-state index contributed by atoms with van der Waals surface area (Å²) in [6.07, 6.45) is 4.06. The van der Waals surface area contributed by atoms with Crippen LogP contribution < -0.4 is 5.32 Å². The van der Waals surface area contributed by atoms with Crippen molar-refractivity contribution in [3.05, 3.63) is 0 Å². The predicted octanol–water partition coefficient (Wildman–Crippen LogP) is 1.25. The Morgan fingerprint density at radius 2 is 2.20 bits per heavy atom. The summed E-state index contributed by atoms with van der Waals surface area (Å²) in [5, 5.41) is 12.6. The number of rotatable bonds is 8. The molecule has 2 N–H and O–H groups in total. The van der Waals surface area contributed by atoms with Crippen molar-refractivity contribution in [2.45, 2.75) is 51.1 Å². The topological polar surface area (TPSA) is 55.8 Å². The van der Waals surface area contributed by atoms with Crippen LogP contribution in [-0.4, -0.2) is 72.7 Å². The van der Waals surface area contributed by atoms with Crippen LogP contribution in [0, 0.1) is 0 Å². The Balaban J connectivity index is 2.48. The first-order valence-corrected chi connectivity index (χ1v) is 7.76. The Hall–Kier alpha value is -0.650. The second kappa shape index (κ2) is 7.96. The molecule has 5 nitrogen and oxygen atoms in total. The zero-order valence-electron chi connectivity index (χ0n) is 13.5. The Bertz CT molecular complexity index is 309. The molecule has 0 radical (unpaired) electrons. The van der Waals surface area contributed by atoms with E-state index in [2.05, 4.69) is 36.1 Å². The molecule has 0 saturated carbocycles. The normalized spacial score (nSPS) is 23.8. The molecule has 2 atom stereocenters. The lowest BCUT2D eigenvalue weighted by Crippen LogP contribution is -2.53. The van der Waals surface area contributed by atoms with Gasteiger partial charge >= 0.3 is 5.97 Å². The number of nitrogens with one attached hydrogen (secondary N) is 1. The zero-order chi connectivity index (χ0) is 15.2. The van der Waals surface area contributed by atoms with Crippen molar-refractivity contribution in [3.8, 4) is 0 Å². The van der Waals surface area contributed by atoms with Gasteiger partial charge in [0.1, 0.15) is 5.54 Å². The number of likely N-dealkylation sites (N-methyl/N-ethyl adjacent to an activating group) is 1. The molecule has 1 heterocycles. The summed E-state index contributed by atoms with van der Waals surface area (Å²) < 4.78 is 0. The number of carboxylic acids is 1. The van der Waals surface area contributed by atoms with Crippen LogP contribution in [0.2, 0.25) is 0 Å². The van der Waals surface area contributed by atoms with Crippen LogP contribution in [0.5, 0.6) is 0 Å². The molecule has 118 valence electrons. The van der Waals surface area contributed by atoms with E-state index in [0.717, 1.165) is 32.6 Å². The number of piperidine rings is 1. The number of carboxylic acid groups (broad SMARTS) is 1. The standard InChI is InChI=1S/C15H31N3O2/c1-5-9-16-15(2,14(19)20)8-11-18-10-6-7-13(12-18)17(3)4/h13,16H,5-12H2,1-4H3,(H,19,20). The highest BCUT2D eigenvalue weighted by Gasteiger charge is 2.33. The third kappa shape index (κ3) is 5.04. The molecule has 1 saturated heterocycles. The van der Waals surface area contributed by atoms with Gasteiger partial charge in [-0.25, -0.2) is 0 Å². The lowest BCUT2D eigenvalue weighted by atomic mass is 9.96. The van der Waals surface area contributed by atoms with Crippen LogP contribution >= 0.6 is 0 Å². The summed E-state index contributed by atoms with van der Waals surface area (Å²) in [5.41, 5.74) is -0.804. The van der Waals surface area contributed by atoms with Gasteiger partial charge < -0.3 is 20.2 Å². The fourth-order valence-electron chi connectivity index (χ4n) is 2.71. The van der Waals surface area contributed by atoms with E-state index in [9.17, 15) is 9.90 Å². The van der Waals surface area contributed by atoms with E-state index in [1.54, 1.807) is 6.92 Å². The summed E-state index contributed by atoms with van der Waals surface area (Å²) in [5.74, 6) is -0.743. The molecule has 0 aliphatic carbocycles. The highest BCUT2D eigenvalue weighted by Crippen LogP contribution is 2.17. The van der Waals surface area contributed by atoms with Crippen LogP contribution in [0.3, 0.4) is 0 Å². The summed E-state index contributed by atoms with van der Waals surface area (Å²) in [6.45, 7) is 7.61. The van der Waals surface area contributed by atoms with Crippen molar-refractivity contribution in [1.29, 1.82) is 0 Å². The second-order valence-electron chi connectivity index (χ2n) is 6.37. The lowest BCUT2D eigenvalue weighted by Gasteiger charge is -2.37. The number of hydrogen-bond donors (Lipinski definition) is 2. The van der Waals surface area contributed by atoms with Crippen LogP contribution in [0.1, 0.15) is 39.5 Å². The van der Waals surface area contributed by atoms with E-state index in [0.29, 0.717) is 12.5 Å². The molecule has 1 fully saturated rings. The first-order chi connectivity index (χ1) is 9.39. The SMILES string of the molecule is CCCNC(C)(CCN1CCCC(N(C)C)C1)C(=O)O. The van der Waals surface area contributed by atoms with Gasteiger partial charge in [-0.05, 0) is 59.8 Å². The molecular weight excluding hydrogens is 254 g/mol. The van der Waals surface area contributed by atoms with E-state index in [1.165, 1.54) is 12.8 Å². The fourth-order valence-corrected chi connectivity index (χ4v) is 2.71. The molecule has 20 heavy (non-hydrogen) atoms. The molecule has 1 aliphatic heterocycles. The van der Waals surface area contributed by atoms with Crippen LogP contribution in [0.4, 0.5) is 0 Å².